The summed E-state index contributed by atoms with van der Waals surface area (Å²) in [5.74, 6) is 0. The van der Waals surface area contributed by atoms with Gasteiger partial charge in [-0.3, -0.25) is 0 Å². The van der Waals surface area contributed by atoms with Crippen LogP contribution in [-0.2, 0) is 5.11 Å². The molecule has 8 heavy (non-hydrogen) atoms. The average Bonchev–Trinajstić information content (AvgIpc) is 2.12. The van der Waals surface area contributed by atoms with Crippen molar-refractivity contribution in [3.63, 3.8) is 0 Å². The Bertz CT molecular complexity index is 180. The highest BCUT2D eigenvalue weighted by Gasteiger charge is 1.97. The van der Waals surface area contributed by atoms with Crippen LogP contribution in [0, 0.1) is 0 Å². The van der Waals surface area contributed by atoms with E-state index in [-0.39, 0.29) is 0 Å². The minimum absolute atomic E-state index is 0.861. The number of aromatic nitrogens is 2. The Hall–Kier alpha value is -1.32. The molecule has 1 radical (unpaired) electrons. The normalized spacial score (nSPS) is 9.00. The van der Waals surface area contributed by atoms with Crippen molar-refractivity contribution in [3.8, 4) is 0 Å². The first-order valence-electron chi connectivity index (χ1n) is 2.00. The van der Waals surface area contributed by atoms with Crippen LogP contribution in [0.1, 0.15) is 0 Å². The van der Waals surface area contributed by atoms with Gasteiger partial charge in [0.1, 0.15) is 6.33 Å². The molecule has 1 heterocycles. The Kier molecular flexibility index (Phi) is 0.997. The molecule has 0 aliphatic carbocycles. The largest absolute Gasteiger partial charge is 0.462 e. The standard InChI is InChI=1S/C4H3N2O2/c7-4(8)6-2-1-5-3-6/h1-3H. The number of nitrogens with zero attached hydrogens (tertiary/aromatic N) is 2. The predicted octanol–water partition coefficient (Wildman–Crippen LogP) is 0.282. The summed E-state index contributed by atoms with van der Waals surface area (Å²) in [6, 6.07) is 0. The van der Waals surface area contributed by atoms with Gasteiger partial charge in [-0.05, 0) is 0 Å². The average molecular weight is 111 g/mol. The fraction of sp³-hybridized carbons (Fsp3) is 0. The first kappa shape index (κ1) is 4.83. The predicted molar refractivity (Wildman–Crippen MR) is 23.7 cm³/mol. The maximum absolute atomic E-state index is 9.87. The van der Waals surface area contributed by atoms with Crippen molar-refractivity contribution in [2.75, 3.05) is 0 Å². The van der Waals surface area contributed by atoms with E-state index in [0.717, 1.165) is 10.9 Å². The lowest BCUT2D eigenvalue weighted by atomic mass is 10.9. The van der Waals surface area contributed by atoms with E-state index in [1.165, 1.54) is 12.4 Å². The molecule has 41 valence electrons. The van der Waals surface area contributed by atoms with Gasteiger partial charge in [-0.2, -0.15) is 0 Å². The van der Waals surface area contributed by atoms with E-state index >= 15 is 0 Å². The monoisotopic (exact) mass is 111 g/mol. The first-order valence-corrected chi connectivity index (χ1v) is 2.00. The molecule has 0 N–H and O–H groups in total. The zero-order valence-corrected chi connectivity index (χ0v) is 3.94. The Balaban J connectivity index is 2.93. The minimum Gasteiger partial charge on any atom is -0.245 e. The SMILES string of the molecule is [O]C(=O)n1ccnc1. The fourth-order valence-corrected chi connectivity index (χ4v) is 0.367. The number of hydrogen-bond acceptors (Lipinski definition) is 2. The highest BCUT2D eigenvalue weighted by atomic mass is 16.4. The molecule has 0 aromatic carbocycles. The van der Waals surface area contributed by atoms with E-state index in [0.29, 0.717) is 0 Å². The van der Waals surface area contributed by atoms with E-state index in [2.05, 4.69) is 4.98 Å². The van der Waals surface area contributed by atoms with Crippen LogP contribution in [0.5, 0.6) is 0 Å². The van der Waals surface area contributed by atoms with Crippen molar-refractivity contribution in [3.05, 3.63) is 18.7 Å². The summed E-state index contributed by atoms with van der Waals surface area (Å²) in [5.41, 5.74) is 0. The summed E-state index contributed by atoms with van der Waals surface area (Å²) in [4.78, 5) is 13.4. The molecule has 1 aromatic heterocycles. The molecule has 0 unspecified atom stereocenters. The van der Waals surface area contributed by atoms with Crippen molar-refractivity contribution >= 4 is 6.09 Å². The van der Waals surface area contributed by atoms with Crippen LogP contribution < -0.4 is 0 Å². The lowest BCUT2D eigenvalue weighted by Crippen LogP contribution is -2.01. The van der Waals surface area contributed by atoms with Crippen molar-refractivity contribution in [2.24, 2.45) is 0 Å². The molecule has 0 aliphatic rings. The summed E-state index contributed by atoms with van der Waals surface area (Å²) in [7, 11) is 0. The Labute approximate surface area is 45.4 Å². The van der Waals surface area contributed by atoms with Gasteiger partial charge in [0.2, 0.25) is 0 Å². The molecule has 4 nitrogen and oxygen atoms in total. The first-order chi connectivity index (χ1) is 3.80. The molecule has 0 atom stereocenters. The molecule has 0 amide bonds. The maximum Gasteiger partial charge on any atom is 0.462 e. The molecular formula is C4H3N2O2. The van der Waals surface area contributed by atoms with Crippen molar-refractivity contribution in [1.29, 1.82) is 0 Å². The molecule has 0 saturated carbocycles. The minimum atomic E-state index is -1.26. The summed E-state index contributed by atoms with van der Waals surface area (Å²) in [5, 5.41) is 9.87. The summed E-state index contributed by atoms with van der Waals surface area (Å²) >= 11 is 0. The van der Waals surface area contributed by atoms with Gasteiger partial charge >= 0.3 is 6.09 Å². The third kappa shape index (κ3) is 0.676. The zero-order chi connectivity index (χ0) is 5.98. The molecule has 0 saturated heterocycles. The summed E-state index contributed by atoms with van der Waals surface area (Å²) in [6.45, 7) is 0. The number of hydrogen-bond donors (Lipinski definition) is 0. The van der Waals surface area contributed by atoms with Gasteiger partial charge < -0.3 is 0 Å². The molecule has 0 bridgehead atoms. The van der Waals surface area contributed by atoms with Crippen molar-refractivity contribution in [2.45, 2.75) is 0 Å². The van der Waals surface area contributed by atoms with Crippen LogP contribution in [0.3, 0.4) is 0 Å². The third-order valence-electron chi connectivity index (χ3n) is 0.715. The van der Waals surface area contributed by atoms with E-state index in [4.69, 9.17) is 0 Å². The topological polar surface area (TPSA) is 54.8 Å². The Morgan fingerprint density at radius 1 is 1.62 bits per heavy atom. The molecule has 0 fully saturated rings. The molecule has 1 aromatic rings. The maximum atomic E-state index is 9.87. The second-order valence-corrected chi connectivity index (χ2v) is 1.24. The Morgan fingerprint density at radius 3 is 2.62 bits per heavy atom. The third-order valence-corrected chi connectivity index (χ3v) is 0.715. The van der Waals surface area contributed by atoms with E-state index < -0.39 is 6.09 Å². The van der Waals surface area contributed by atoms with Crippen LogP contribution in [-0.4, -0.2) is 15.6 Å². The van der Waals surface area contributed by atoms with Crippen LogP contribution in [0.2, 0.25) is 0 Å². The molecular weight excluding hydrogens is 108 g/mol. The van der Waals surface area contributed by atoms with Gasteiger partial charge in [-0.1, -0.05) is 0 Å². The number of carbonyl (C=O) groups excluding carboxylic acids is 1. The molecule has 0 aliphatic heterocycles. The van der Waals surface area contributed by atoms with Gasteiger partial charge in [0.25, 0.3) is 0 Å². The van der Waals surface area contributed by atoms with Crippen molar-refractivity contribution < 1.29 is 9.90 Å². The smallest absolute Gasteiger partial charge is 0.245 e. The second kappa shape index (κ2) is 1.65. The van der Waals surface area contributed by atoms with Crippen LogP contribution in [0.15, 0.2) is 18.7 Å². The van der Waals surface area contributed by atoms with Crippen LogP contribution in [0.25, 0.3) is 0 Å². The second-order valence-electron chi connectivity index (χ2n) is 1.24. The van der Waals surface area contributed by atoms with Crippen LogP contribution in [0.4, 0.5) is 4.79 Å². The summed E-state index contributed by atoms with van der Waals surface area (Å²) in [6.07, 6.45) is 2.57. The highest BCUT2D eigenvalue weighted by molar-refractivity contribution is 5.66. The quantitative estimate of drug-likeness (QED) is 0.482. The number of rotatable bonds is 0. The van der Waals surface area contributed by atoms with E-state index in [9.17, 15) is 9.90 Å². The highest BCUT2D eigenvalue weighted by Crippen LogP contribution is 1.82. The van der Waals surface area contributed by atoms with Gasteiger partial charge in [-0.15, -0.1) is 0 Å². The van der Waals surface area contributed by atoms with E-state index in [1.807, 2.05) is 0 Å². The molecule has 0 spiro atoms. The summed E-state index contributed by atoms with van der Waals surface area (Å²) < 4.78 is 0.861. The van der Waals surface area contributed by atoms with Crippen molar-refractivity contribution in [1.82, 2.24) is 9.55 Å². The Morgan fingerprint density at radius 2 is 2.38 bits per heavy atom. The zero-order valence-electron chi connectivity index (χ0n) is 3.94. The molecule has 1 rings (SSSR count). The lowest BCUT2D eigenvalue weighted by molar-refractivity contribution is 0.170. The van der Waals surface area contributed by atoms with Gasteiger partial charge in [-0.25, -0.2) is 19.5 Å². The lowest BCUT2D eigenvalue weighted by Gasteiger charge is -1.81. The number of imidazole rings is 1. The van der Waals surface area contributed by atoms with E-state index in [1.54, 1.807) is 0 Å². The van der Waals surface area contributed by atoms with Gasteiger partial charge in [0, 0.05) is 12.4 Å². The van der Waals surface area contributed by atoms with Crippen LogP contribution >= 0.6 is 0 Å². The number of carbonyl (C=O) groups is 1. The van der Waals surface area contributed by atoms with Gasteiger partial charge in [0.15, 0.2) is 0 Å². The van der Waals surface area contributed by atoms with Gasteiger partial charge in [0.05, 0.1) is 0 Å². The fourth-order valence-electron chi connectivity index (χ4n) is 0.367. The molecule has 4 heteroatoms.